The zero-order chi connectivity index (χ0) is 29.5. The maximum absolute atomic E-state index is 13.6. The quantitative estimate of drug-likeness (QED) is 0.477. The first-order valence-corrected chi connectivity index (χ1v) is 13.5. The predicted molar refractivity (Wildman–Crippen MR) is 136 cm³/mol. The number of amides is 4. The molecular weight excluding hydrogens is 548 g/mol. The van der Waals surface area contributed by atoms with E-state index >= 15 is 0 Å². The maximum Gasteiger partial charge on any atom is 0.411 e. The molecule has 3 atom stereocenters. The number of carbonyl (C=O) groups is 4. The zero-order valence-corrected chi connectivity index (χ0v) is 22.3. The first-order valence-electron chi connectivity index (χ1n) is 13.5. The Morgan fingerprint density at radius 1 is 1.15 bits per heavy atom. The number of rotatable bonds is 7. The van der Waals surface area contributed by atoms with E-state index in [1.807, 2.05) is 0 Å². The molecule has 1 aliphatic heterocycles. The Labute approximate surface area is 233 Å². The van der Waals surface area contributed by atoms with Crippen molar-refractivity contribution in [2.75, 3.05) is 13.1 Å². The topological polar surface area (TPSA) is 108 Å². The monoisotopic (exact) mass is 578 g/mol. The molecule has 220 valence electrons. The Morgan fingerprint density at radius 2 is 1.85 bits per heavy atom. The molecule has 2 saturated carbocycles. The second-order valence-corrected chi connectivity index (χ2v) is 11.0. The molecule has 1 aromatic rings. The summed E-state index contributed by atoms with van der Waals surface area (Å²) >= 11 is 0. The van der Waals surface area contributed by atoms with Gasteiger partial charge in [-0.3, -0.25) is 14.5 Å². The van der Waals surface area contributed by atoms with Crippen molar-refractivity contribution in [2.45, 2.75) is 69.4 Å². The number of halogens is 4. The van der Waals surface area contributed by atoms with Crippen LogP contribution in [0.4, 0.5) is 27.2 Å². The zero-order valence-electron chi connectivity index (χ0n) is 22.3. The van der Waals surface area contributed by atoms with Gasteiger partial charge < -0.3 is 20.3 Å². The molecule has 5 rings (SSSR count). The van der Waals surface area contributed by atoms with Gasteiger partial charge in [0.25, 0.3) is 0 Å². The van der Waals surface area contributed by atoms with Crippen molar-refractivity contribution in [3.8, 4) is 0 Å². The van der Waals surface area contributed by atoms with E-state index in [4.69, 9.17) is 4.74 Å². The number of ketones is 1. The molecule has 1 saturated heterocycles. The summed E-state index contributed by atoms with van der Waals surface area (Å²) in [5.74, 6) is -2.48. The van der Waals surface area contributed by atoms with Gasteiger partial charge in [0.1, 0.15) is 18.4 Å². The lowest BCUT2D eigenvalue weighted by atomic mass is 9.85. The van der Waals surface area contributed by atoms with Gasteiger partial charge in [-0.2, -0.15) is 13.2 Å². The summed E-state index contributed by atoms with van der Waals surface area (Å²) in [6, 6.07) is 2.21. The summed E-state index contributed by atoms with van der Waals surface area (Å²) in [5, 5.41) is 5.40. The van der Waals surface area contributed by atoms with E-state index < -0.39 is 60.7 Å². The van der Waals surface area contributed by atoms with Crippen LogP contribution in [0, 0.1) is 11.7 Å². The number of fused-ring (bicyclic) bond motifs is 2. The van der Waals surface area contributed by atoms with Gasteiger partial charge in [-0.1, -0.05) is 18.2 Å². The van der Waals surface area contributed by atoms with Crippen LogP contribution in [0.1, 0.15) is 44.6 Å². The normalized spacial score (nSPS) is 24.7. The number of carbonyl (C=O) groups excluding carboxylic acids is 4. The fraction of sp³-hybridized carbons (Fsp3) is 0.500. The standard InChI is InChI=1S/C28H30F4N4O5/c1-16(28(30,31)32)36(13-17-5-7-18(29)8-6-17)23(37)14-35-15-27(41-26(35)40)12-11-20-21(27)9-10-22(24(20)38)34-25(39)33-19-3-2-4-19/h5-10,16,19-20H,2-4,11-15H2,1H3,(H2,33,34,39)/t16-,20?,27-/m0/s1. The number of ether oxygens (including phenoxy) is 1. The maximum atomic E-state index is 13.6. The van der Waals surface area contributed by atoms with Crippen molar-refractivity contribution < 1.29 is 41.5 Å². The molecule has 13 heteroatoms. The molecule has 3 fully saturated rings. The number of nitrogens with one attached hydrogen (secondary N) is 2. The fourth-order valence-corrected chi connectivity index (χ4v) is 5.67. The highest BCUT2D eigenvalue weighted by atomic mass is 19.4. The summed E-state index contributed by atoms with van der Waals surface area (Å²) in [6.07, 6.45) is 0.907. The highest BCUT2D eigenvalue weighted by Crippen LogP contribution is 2.48. The first-order chi connectivity index (χ1) is 19.4. The summed E-state index contributed by atoms with van der Waals surface area (Å²) < 4.78 is 59.9. The van der Waals surface area contributed by atoms with Crippen molar-refractivity contribution in [3.63, 3.8) is 0 Å². The molecule has 9 nitrogen and oxygen atoms in total. The minimum Gasteiger partial charge on any atom is -0.436 e. The second kappa shape index (κ2) is 10.8. The number of nitrogens with zero attached hydrogens (tertiary/aromatic N) is 2. The van der Waals surface area contributed by atoms with Crippen LogP contribution in [0.2, 0.25) is 0 Å². The van der Waals surface area contributed by atoms with Crippen LogP contribution >= 0.6 is 0 Å². The lowest BCUT2D eigenvalue weighted by Gasteiger charge is -2.32. The highest BCUT2D eigenvalue weighted by Gasteiger charge is 2.56. The van der Waals surface area contributed by atoms with E-state index in [0.29, 0.717) is 22.5 Å². The minimum absolute atomic E-state index is 0.0903. The van der Waals surface area contributed by atoms with E-state index in [9.17, 15) is 36.7 Å². The van der Waals surface area contributed by atoms with Crippen LogP contribution in [0.15, 0.2) is 47.7 Å². The molecule has 1 spiro atoms. The summed E-state index contributed by atoms with van der Waals surface area (Å²) in [5.41, 5.74) is -0.256. The smallest absolute Gasteiger partial charge is 0.411 e. The molecule has 4 amide bonds. The number of Topliss-reactive ketones (excluding diaryl/α,β-unsaturated/α-hetero) is 1. The molecule has 0 bridgehead atoms. The molecule has 0 aromatic heterocycles. The van der Waals surface area contributed by atoms with Crippen LogP contribution in [0.5, 0.6) is 0 Å². The molecule has 3 aliphatic carbocycles. The van der Waals surface area contributed by atoms with Crippen molar-refractivity contribution in [1.82, 2.24) is 20.4 Å². The molecular formula is C28H30F4N4O5. The fourth-order valence-electron chi connectivity index (χ4n) is 5.67. The Bertz CT molecular complexity index is 1310. The first kappa shape index (κ1) is 28.6. The SMILES string of the molecule is C[C@H](N(Cc1ccc(F)cc1)C(=O)CN1C[C@]2(CCC3C(=O)C(NC(=O)NC4CCC4)=CC=C32)OC1=O)C(F)(F)F. The van der Waals surface area contributed by atoms with E-state index in [-0.39, 0.29) is 30.5 Å². The number of alkyl halides is 3. The van der Waals surface area contributed by atoms with Crippen LogP contribution < -0.4 is 10.6 Å². The van der Waals surface area contributed by atoms with Crippen LogP contribution in [0.3, 0.4) is 0 Å². The Morgan fingerprint density at radius 3 is 2.49 bits per heavy atom. The van der Waals surface area contributed by atoms with Crippen molar-refractivity contribution >= 4 is 23.8 Å². The van der Waals surface area contributed by atoms with Gasteiger partial charge in [-0.05, 0) is 68.4 Å². The average molecular weight is 579 g/mol. The number of benzene rings is 1. The third kappa shape index (κ3) is 5.80. The molecule has 0 radical (unpaired) electrons. The molecule has 1 aromatic carbocycles. The van der Waals surface area contributed by atoms with E-state index in [1.54, 1.807) is 6.08 Å². The predicted octanol–water partition coefficient (Wildman–Crippen LogP) is 3.95. The summed E-state index contributed by atoms with van der Waals surface area (Å²) in [6.45, 7) is -0.380. The van der Waals surface area contributed by atoms with Crippen molar-refractivity contribution in [3.05, 3.63) is 59.1 Å². The molecule has 41 heavy (non-hydrogen) atoms. The number of urea groups is 1. The lowest BCUT2D eigenvalue weighted by Crippen LogP contribution is -2.50. The van der Waals surface area contributed by atoms with Gasteiger partial charge in [-0.15, -0.1) is 0 Å². The van der Waals surface area contributed by atoms with Gasteiger partial charge in [0.05, 0.1) is 12.2 Å². The average Bonchev–Trinajstić information content (AvgIpc) is 3.40. The number of allylic oxidation sites excluding steroid dienone is 3. The van der Waals surface area contributed by atoms with Gasteiger partial charge >= 0.3 is 18.3 Å². The second-order valence-electron chi connectivity index (χ2n) is 11.0. The van der Waals surface area contributed by atoms with E-state index in [0.717, 1.165) is 43.2 Å². The molecule has 1 unspecified atom stereocenters. The van der Waals surface area contributed by atoms with Gasteiger partial charge in [0.15, 0.2) is 11.4 Å². The van der Waals surface area contributed by atoms with Crippen LogP contribution in [0.25, 0.3) is 0 Å². The third-order valence-corrected chi connectivity index (χ3v) is 8.28. The van der Waals surface area contributed by atoms with Gasteiger partial charge in [0.2, 0.25) is 5.91 Å². The molecule has 4 aliphatic rings. The van der Waals surface area contributed by atoms with E-state index in [2.05, 4.69) is 10.6 Å². The molecule has 2 N–H and O–H groups in total. The van der Waals surface area contributed by atoms with Crippen molar-refractivity contribution in [2.24, 2.45) is 5.92 Å². The Balaban J connectivity index is 1.29. The minimum atomic E-state index is -4.73. The Hall–Kier alpha value is -3.90. The van der Waals surface area contributed by atoms with Gasteiger partial charge in [-0.25, -0.2) is 14.0 Å². The van der Waals surface area contributed by atoms with Crippen LogP contribution in [-0.2, 0) is 20.9 Å². The lowest BCUT2D eigenvalue weighted by molar-refractivity contribution is -0.187. The Kier molecular flexibility index (Phi) is 7.56. The largest absolute Gasteiger partial charge is 0.436 e. The number of hydrogen-bond donors (Lipinski definition) is 2. The number of hydrogen-bond acceptors (Lipinski definition) is 5. The summed E-state index contributed by atoms with van der Waals surface area (Å²) in [7, 11) is 0. The van der Waals surface area contributed by atoms with Crippen molar-refractivity contribution in [1.29, 1.82) is 0 Å². The van der Waals surface area contributed by atoms with E-state index in [1.165, 1.54) is 18.2 Å². The molecule has 1 heterocycles. The summed E-state index contributed by atoms with van der Waals surface area (Å²) in [4.78, 5) is 53.0. The third-order valence-electron chi connectivity index (χ3n) is 8.28. The van der Waals surface area contributed by atoms with Crippen LogP contribution in [-0.4, -0.2) is 70.6 Å². The highest BCUT2D eigenvalue weighted by molar-refractivity contribution is 6.03. The van der Waals surface area contributed by atoms with Gasteiger partial charge in [0, 0.05) is 18.5 Å².